The number of rotatable bonds is 5. The Morgan fingerprint density at radius 3 is 2.32 bits per heavy atom. The lowest BCUT2D eigenvalue weighted by Crippen LogP contribution is -2.19. The Labute approximate surface area is 128 Å². The van der Waals surface area contributed by atoms with Gasteiger partial charge in [-0.25, -0.2) is 0 Å². The number of nitro groups is 1. The van der Waals surface area contributed by atoms with Gasteiger partial charge in [-0.15, -0.1) is 0 Å². The number of hydrogen-bond donors (Lipinski definition) is 0. The number of carbonyl (C=O) groups is 1. The normalized spacial score (nSPS) is 11.7. The van der Waals surface area contributed by atoms with E-state index >= 15 is 0 Å². The molecule has 22 heavy (non-hydrogen) atoms. The van der Waals surface area contributed by atoms with Crippen molar-refractivity contribution in [3.8, 4) is 0 Å². The fraction of sp³-hybridized carbons (Fsp3) is 0.235. The van der Waals surface area contributed by atoms with Crippen LogP contribution in [0.5, 0.6) is 0 Å². The van der Waals surface area contributed by atoms with Gasteiger partial charge >= 0.3 is 5.97 Å². The van der Waals surface area contributed by atoms with Gasteiger partial charge in [0.2, 0.25) is 0 Å². The highest BCUT2D eigenvalue weighted by atomic mass is 16.6. The van der Waals surface area contributed by atoms with Crippen molar-refractivity contribution in [1.82, 2.24) is 0 Å². The highest BCUT2D eigenvalue weighted by molar-refractivity contribution is 5.84. The first-order valence-corrected chi connectivity index (χ1v) is 7.01. The second-order valence-electron chi connectivity index (χ2n) is 4.86. The van der Waals surface area contributed by atoms with Crippen LogP contribution in [0.1, 0.15) is 29.5 Å². The molecule has 5 nitrogen and oxygen atoms in total. The van der Waals surface area contributed by atoms with E-state index in [4.69, 9.17) is 4.74 Å². The number of para-hydroxylation sites is 1. The zero-order valence-corrected chi connectivity index (χ0v) is 12.5. The maximum Gasteiger partial charge on any atom is 0.318 e. The van der Waals surface area contributed by atoms with E-state index in [9.17, 15) is 14.9 Å². The van der Waals surface area contributed by atoms with Gasteiger partial charge in [0.15, 0.2) is 0 Å². The molecule has 0 heterocycles. The zero-order valence-electron chi connectivity index (χ0n) is 12.5. The van der Waals surface area contributed by atoms with Gasteiger partial charge in [-0.05, 0) is 25.0 Å². The molecule has 2 rings (SSSR count). The number of benzene rings is 2. The maximum atomic E-state index is 12.4. The molecule has 0 bridgehead atoms. The van der Waals surface area contributed by atoms with E-state index in [1.807, 2.05) is 25.1 Å². The van der Waals surface area contributed by atoms with Crippen LogP contribution in [0.2, 0.25) is 0 Å². The van der Waals surface area contributed by atoms with Gasteiger partial charge < -0.3 is 4.74 Å². The van der Waals surface area contributed by atoms with Crippen LogP contribution in [-0.2, 0) is 9.53 Å². The molecule has 0 spiro atoms. The Balaban J connectivity index is 2.63. The predicted octanol–water partition coefficient (Wildman–Crippen LogP) is 3.60. The lowest BCUT2D eigenvalue weighted by molar-refractivity contribution is -0.385. The highest BCUT2D eigenvalue weighted by Gasteiger charge is 2.31. The van der Waals surface area contributed by atoms with Crippen molar-refractivity contribution in [1.29, 1.82) is 0 Å². The Hall–Kier alpha value is -2.69. The number of ether oxygens (including phenoxy) is 1. The summed E-state index contributed by atoms with van der Waals surface area (Å²) in [6.45, 7) is 3.81. The third-order valence-electron chi connectivity index (χ3n) is 3.47. The van der Waals surface area contributed by atoms with Crippen LogP contribution in [-0.4, -0.2) is 17.5 Å². The minimum absolute atomic E-state index is 0.0798. The summed E-state index contributed by atoms with van der Waals surface area (Å²) < 4.78 is 5.14. The van der Waals surface area contributed by atoms with E-state index in [1.54, 1.807) is 31.2 Å². The molecular formula is C17H17NO4. The molecule has 114 valence electrons. The Morgan fingerprint density at radius 2 is 1.73 bits per heavy atom. The number of nitrogens with zero attached hydrogens (tertiary/aromatic N) is 1. The molecular weight excluding hydrogens is 282 g/mol. The second kappa shape index (κ2) is 6.85. The van der Waals surface area contributed by atoms with Crippen LogP contribution in [0.4, 0.5) is 5.69 Å². The van der Waals surface area contributed by atoms with E-state index < -0.39 is 16.8 Å². The fourth-order valence-electron chi connectivity index (χ4n) is 2.46. The van der Waals surface area contributed by atoms with Crippen molar-refractivity contribution in [3.05, 3.63) is 75.3 Å². The van der Waals surface area contributed by atoms with Gasteiger partial charge in [-0.2, -0.15) is 0 Å². The van der Waals surface area contributed by atoms with E-state index in [1.165, 1.54) is 6.07 Å². The molecule has 2 aromatic rings. The molecule has 1 atom stereocenters. The summed E-state index contributed by atoms with van der Waals surface area (Å²) in [6.07, 6.45) is 0. The smallest absolute Gasteiger partial charge is 0.318 e. The number of aryl methyl sites for hydroxylation is 1. The summed E-state index contributed by atoms with van der Waals surface area (Å²) in [6, 6.07) is 13.6. The number of nitro benzene ring substituents is 1. The summed E-state index contributed by atoms with van der Waals surface area (Å²) in [5.74, 6) is -1.28. The predicted molar refractivity (Wildman–Crippen MR) is 82.8 cm³/mol. The van der Waals surface area contributed by atoms with Crippen LogP contribution in [0.15, 0.2) is 48.5 Å². The molecule has 1 unspecified atom stereocenters. The molecule has 0 aliphatic carbocycles. The summed E-state index contributed by atoms with van der Waals surface area (Å²) >= 11 is 0. The monoisotopic (exact) mass is 299 g/mol. The van der Waals surface area contributed by atoms with Gasteiger partial charge in [0.1, 0.15) is 5.92 Å². The minimum Gasteiger partial charge on any atom is -0.465 e. The quantitative estimate of drug-likeness (QED) is 0.480. The molecule has 0 radical (unpaired) electrons. The average Bonchev–Trinajstić information content (AvgIpc) is 2.50. The van der Waals surface area contributed by atoms with E-state index in [0.717, 1.165) is 11.1 Å². The van der Waals surface area contributed by atoms with Gasteiger partial charge in [-0.3, -0.25) is 14.9 Å². The summed E-state index contributed by atoms with van der Waals surface area (Å²) in [5, 5.41) is 11.3. The van der Waals surface area contributed by atoms with E-state index in [2.05, 4.69) is 0 Å². The van der Waals surface area contributed by atoms with Gasteiger partial charge in [0.25, 0.3) is 5.69 Å². The molecule has 0 aromatic heterocycles. The van der Waals surface area contributed by atoms with Crippen molar-refractivity contribution in [2.45, 2.75) is 19.8 Å². The standard InChI is InChI=1S/C17H17NO4/c1-3-22-17(19)16(13-9-5-4-8-12(13)2)14-10-6-7-11-15(14)18(20)21/h4-11,16H,3H2,1-2H3. The van der Waals surface area contributed by atoms with Crippen molar-refractivity contribution in [2.24, 2.45) is 0 Å². The minimum atomic E-state index is -0.803. The first-order chi connectivity index (χ1) is 10.6. The molecule has 2 aromatic carbocycles. The number of hydrogen-bond acceptors (Lipinski definition) is 4. The zero-order chi connectivity index (χ0) is 16.1. The molecule has 0 saturated carbocycles. The van der Waals surface area contributed by atoms with Gasteiger partial charge in [-0.1, -0.05) is 42.5 Å². The van der Waals surface area contributed by atoms with Crippen LogP contribution in [0.3, 0.4) is 0 Å². The van der Waals surface area contributed by atoms with E-state index in [0.29, 0.717) is 5.56 Å². The van der Waals surface area contributed by atoms with E-state index in [-0.39, 0.29) is 12.3 Å². The van der Waals surface area contributed by atoms with Crippen LogP contribution >= 0.6 is 0 Å². The van der Waals surface area contributed by atoms with Crippen LogP contribution in [0.25, 0.3) is 0 Å². The van der Waals surface area contributed by atoms with Gasteiger partial charge in [0.05, 0.1) is 11.5 Å². The second-order valence-corrected chi connectivity index (χ2v) is 4.86. The third-order valence-corrected chi connectivity index (χ3v) is 3.47. The van der Waals surface area contributed by atoms with Crippen LogP contribution in [0, 0.1) is 17.0 Å². The van der Waals surface area contributed by atoms with Crippen molar-refractivity contribution in [3.63, 3.8) is 0 Å². The lowest BCUT2D eigenvalue weighted by Gasteiger charge is -2.18. The highest BCUT2D eigenvalue weighted by Crippen LogP contribution is 2.34. The van der Waals surface area contributed by atoms with Crippen molar-refractivity contribution >= 4 is 11.7 Å². The summed E-state index contributed by atoms with van der Waals surface area (Å²) in [7, 11) is 0. The van der Waals surface area contributed by atoms with Crippen molar-refractivity contribution in [2.75, 3.05) is 6.61 Å². The van der Waals surface area contributed by atoms with Crippen LogP contribution < -0.4 is 0 Å². The molecule has 0 N–H and O–H groups in total. The van der Waals surface area contributed by atoms with Gasteiger partial charge in [0, 0.05) is 11.6 Å². The van der Waals surface area contributed by atoms with Crippen molar-refractivity contribution < 1.29 is 14.5 Å². The number of esters is 1. The molecule has 5 heteroatoms. The lowest BCUT2D eigenvalue weighted by atomic mass is 9.87. The summed E-state index contributed by atoms with van der Waals surface area (Å²) in [4.78, 5) is 23.2. The molecule has 0 saturated heterocycles. The Bertz CT molecular complexity index is 697. The third kappa shape index (κ3) is 3.14. The Morgan fingerprint density at radius 1 is 1.14 bits per heavy atom. The maximum absolute atomic E-state index is 12.4. The molecule has 0 fully saturated rings. The fourth-order valence-corrected chi connectivity index (χ4v) is 2.46. The number of carbonyl (C=O) groups excluding carboxylic acids is 1. The largest absolute Gasteiger partial charge is 0.465 e. The topological polar surface area (TPSA) is 69.4 Å². The average molecular weight is 299 g/mol. The summed E-state index contributed by atoms with van der Waals surface area (Å²) in [5.41, 5.74) is 1.87. The molecule has 0 aliphatic rings. The first kappa shape index (κ1) is 15.7. The first-order valence-electron chi connectivity index (χ1n) is 7.01. The SMILES string of the molecule is CCOC(=O)C(c1ccccc1C)c1ccccc1[N+](=O)[O-]. The Kier molecular flexibility index (Phi) is 4.88. The molecule has 0 aliphatic heterocycles. The molecule has 0 amide bonds.